The minimum atomic E-state index is -4.52. The van der Waals surface area contributed by atoms with Gasteiger partial charge in [0, 0.05) is 28.3 Å². The number of aromatic nitrogens is 1. The number of anilines is 2. The number of aryl methyl sites for hydroxylation is 1. The lowest BCUT2D eigenvalue weighted by Crippen LogP contribution is -2.13. The Balaban J connectivity index is 1.68. The first-order chi connectivity index (χ1) is 15.9. The summed E-state index contributed by atoms with van der Waals surface area (Å²) in [6.07, 6.45) is -1.99. The monoisotopic (exact) mass is 489 g/mol. The molecule has 1 aliphatic rings. The van der Waals surface area contributed by atoms with Gasteiger partial charge in [0.2, 0.25) is 0 Å². The molecule has 0 saturated heterocycles. The number of rotatable bonds is 5. The standard InChI is InChI=1S/C24H22F3N3O3S/c1-4-18-13(2)22(28-14(18)3)12-20-19-11-17(9-10-21(19)29-23(20)31)34(32,33)30-16-7-5-15(6-8-16)24(25,26)27/h5-12,28,30H,4H2,1-3H3,(H,29,31). The maximum atomic E-state index is 12.9. The Hall–Kier alpha value is -3.53. The molecule has 0 unspecified atom stereocenters. The van der Waals surface area contributed by atoms with Gasteiger partial charge >= 0.3 is 6.18 Å². The van der Waals surface area contributed by atoms with Gasteiger partial charge < -0.3 is 10.3 Å². The minimum Gasteiger partial charge on any atom is -0.359 e. The van der Waals surface area contributed by atoms with Gasteiger partial charge in [0.15, 0.2) is 0 Å². The average molecular weight is 490 g/mol. The molecule has 0 bridgehead atoms. The number of amides is 1. The van der Waals surface area contributed by atoms with Gasteiger partial charge in [-0.15, -0.1) is 0 Å². The summed E-state index contributed by atoms with van der Waals surface area (Å²) in [6.45, 7) is 5.95. The summed E-state index contributed by atoms with van der Waals surface area (Å²) in [6, 6.07) is 7.88. The number of alkyl halides is 3. The molecule has 10 heteroatoms. The molecule has 0 fully saturated rings. The number of hydrogen-bond donors (Lipinski definition) is 3. The molecule has 0 radical (unpaired) electrons. The molecule has 1 aromatic heterocycles. The molecule has 34 heavy (non-hydrogen) atoms. The van der Waals surface area contributed by atoms with Crippen LogP contribution in [0.4, 0.5) is 24.5 Å². The summed E-state index contributed by atoms with van der Waals surface area (Å²) in [7, 11) is -4.12. The number of carbonyl (C=O) groups is 1. The summed E-state index contributed by atoms with van der Waals surface area (Å²) in [5, 5.41) is 2.73. The lowest BCUT2D eigenvalue weighted by molar-refractivity contribution is -0.137. The molecule has 178 valence electrons. The molecule has 1 amide bonds. The van der Waals surface area contributed by atoms with Gasteiger partial charge in [-0.05, 0) is 79.9 Å². The lowest BCUT2D eigenvalue weighted by Gasteiger charge is -2.11. The highest BCUT2D eigenvalue weighted by Crippen LogP contribution is 2.36. The van der Waals surface area contributed by atoms with E-state index >= 15 is 0 Å². The van der Waals surface area contributed by atoms with Crippen molar-refractivity contribution >= 4 is 39.0 Å². The Morgan fingerprint density at radius 2 is 1.74 bits per heavy atom. The summed E-state index contributed by atoms with van der Waals surface area (Å²) in [4.78, 5) is 15.8. The van der Waals surface area contributed by atoms with E-state index in [1.807, 2.05) is 20.8 Å². The number of halogens is 3. The minimum absolute atomic E-state index is 0.0111. The van der Waals surface area contributed by atoms with Crippen LogP contribution in [0, 0.1) is 13.8 Å². The fraction of sp³-hybridized carbons (Fsp3) is 0.208. The predicted molar refractivity (Wildman–Crippen MR) is 125 cm³/mol. The molecule has 3 N–H and O–H groups in total. The molecule has 0 saturated carbocycles. The quantitative estimate of drug-likeness (QED) is 0.413. The zero-order chi connectivity index (χ0) is 24.8. The summed E-state index contributed by atoms with van der Waals surface area (Å²) >= 11 is 0. The number of fused-ring (bicyclic) bond motifs is 1. The largest absolute Gasteiger partial charge is 0.416 e. The Morgan fingerprint density at radius 3 is 2.32 bits per heavy atom. The molecular formula is C24H22F3N3O3S. The van der Waals surface area contributed by atoms with E-state index in [0.29, 0.717) is 16.8 Å². The normalized spacial score (nSPS) is 14.9. The average Bonchev–Trinajstić information content (AvgIpc) is 3.21. The first kappa shape index (κ1) is 23.6. The van der Waals surface area contributed by atoms with Gasteiger partial charge in [-0.25, -0.2) is 8.42 Å². The number of hydrogen-bond acceptors (Lipinski definition) is 3. The van der Waals surface area contributed by atoms with Gasteiger partial charge in [-0.3, -0.25) is 9.52 Å². The van der Waals surface area contributed by atoms with E-state index < -0.39 is 21.8 Å². The van der Waals surface area contributed by atoms with Crippen LogP contribution in [-0.4, -0.2) is 19.3 Å². The predicted octanol–water partition coefficient (Wildman–Crippen LogP) is 5.51. The van der Waals surface area contributed by atoms with Crippen LogP contribution in [0.2, 0.25) is 0 Å². The van der Waals surface area contributed by atoms with Crippen molar-refractivity contribution in [3.8, 4) is 0 Å². The van der Waals surface area contributed by atoms with Crippen molar-refractivity contribution < 1.29 is 26.4 Å². The van der Waals surface area contributed by atoms with Crippen molar-refractivity contribution in [3.05, 3.63) is 76.1 Å². The maximum absolute atomic E-state index is 12.9. The van der Waals surface area contributed by atoms with Gasteiger partial charge in [0.05, 0.1) is 16.0 Å². The molecule has 6 nitrogen and oxygen atoms in total. The fourth-order valence-corrected chi connectivity index (χ4v) is 5.14. The molecule has 3 aromatic rings. The van der Waals surface area contributed by atoms with Crippen molar-refractivity contribution in [2.45, 2.75) is 38.3 Å². The second kappa shape index (κ2) is 8.35. The molecule has 2 heterocycles. The van der Waals surface area contributed by atoms with Crippen LogP contribution in [0.1, 0.15) is 40.6 Å². The van der Waals surface area contributed by atoms with Gasteiger partial charge in [0.1, 0.15) is 0 Å². The van der Waals surface area contributed by atoms with E-state index in [2.05, 4.69) is 15.0 Å². The third-order valence-electron chi connectivity index (χ3n) is 5.82. The number of H-pyrrole nitrogens is 1. The second-order valence-corrected chi connectivity index (χ2v) is 9.70. The second-order valence-electron chi connectivity index (χ2n) is 8.02. The molecule has 1 aliphatic heterocycles. The summed E-state index contributed by atoms with van der Waals surface area (Å²) < 4.78 is 66.4. The first-order valence-electron chi connectivity index (χ1n) is 10.5. The van der Waals surface area contributed by atoms with Crippen LogP contribution in [0.5, 0.6) is 0 Å². The van der Waals surface area contributed by atoms with Crippen LogP contribution < -0.4 is 10.0 Å². The Labute approximate surface area is 194 Å². The number of nitrogens with one attached hydrogen (secondary N) is 3. The topological polar surface area (TPSA) is 91.1 Å². The van der Waals surface area contributed by atoms with Crippen molar-refractivity contribution in [2.75, 3.05) is 10.0 Å². The van der Waals surface area contributed by atoms with E-state index in [1.165, 1.54) is 18.2 Å². The molecule has 0 spiro atoms. The van der Waals surface area contributed by atoms with Crippen LogP contribution in [0.15, 0.2) is 47.4 Å². The summed E-state index contributed by atoms with van der Waals surface area (Å²) in [5.74, 6) is -0.357. The van der Waals surface area contributed by atoms with Crippen LogP contribution in [-0.2, 0) is 27.4 Å². The lowest BCUT2D eigenvalue weighted by atomic mass is 10.0. The van der Waals surface area contributed by atoms with E-state index in [9.17, 15) is 26.4 Å². The number of carbonyl (C=O) groups excluding carboxylic acids is 1. The third-order valence-corrected chi connectivity index (χ3v) is 7.20. The Bertz CT molecular complexity index is 1420. The van der Waals surface area contributed by atoms with Crippen molar-refractivity contribution in [3.63, 3.8) is 0 Å². The molecule has 4 rings (SSSR count). The first-order valence-corrected chi connectivity index (χ1v) is 11.9. The van der Waals surface area contributed by atoms with Crippen LogP contribution in [0.25, 0.3) is 11.6 Å². The number of sulfonamides is 1. The van der Waals surface area contributed by atoms with Gasteiger partial charge in [0.25, 0.3) is 15.9 Å². The highest BCUT2D eigenvalue weighted by atomic mass is 32.2. The van der Waals surface area contributed by atoms with E-state index in [-0.39, 0.29) is 16.5 Å². The smallest absolute Gasteiger partial charge is 0.359 e. The maximum Gasteiger partial charge on any atom is 0.416 e. The van der Waals surface area contributed by atoms with Crippen LogP contribution in [0.3, 0.4) is 0 Å². The number of benzene rings is 2. The molecule has 2 aromatic carbocycles. The van der Waals surface area contributed by atoms with Crippen molar-refractivity contribution in [1.82, 2.24) is 4.98 Å². The number of aromatic amines is 1. The van der Waals surface area contributed by atoms with Crippen molar-refractivity contribution in [2.24, 2.45) is 0 Å². The van der Waals surface area contributed by atoms with E-state index in [4.69, 9.17) is 0 Å². The molecule has 0 aliphatic carbocycles. The highest BCUT2D eigenvalue weighted by molar-refractivity contribution is 7.92. The van der Waals surface area contributed by atoms with E-state index in [1.54, 1.807) is 6.08 Å². The Morgan fingerprint density at radius 1 is 1.06 bits per heavy atom. The zero-order valence-corrected chi connectivity index (χ0v) is 19.4. The molecule has 0 atom stereocenters. The molecular weight excluding hydrogens is 467 g/mol. The van der Waals surface area contributed by atoms with Gasteiger partial charge in [-0.1, -0.05) is 6.92 Å². The van der Waals surface area contributed by atoms with Gasteiger partial charge in [-0.2, -0.15) is 13.2 Å². The SMILES string of the molecule is CCc1c(C)[nH]c(C=C2C(=O)Nc3ccc(S(=O)(=O)Nc4ccc(C(F)(F)F)cc4)cc32)c1C. The van der Waals surface area contributed by atoms with Crippen LogP contribution >= 0.6 is 0 Å². The zero-order valence-electron chi connectivity index (χ0n) is 18.6. The Kier molecular flexibility index (Phi) is 5.80. The summed E-state index contributed by atoms with van der Waals surface area (Å²) in [5.41, 5.74) is 4.26. The van der Waals surface area contributed by atoms with E-state index in [0.717, 1.165) is 53.2 Å². The highest BCUT2D eigenvalue weighted by Gasteiger charge is 2.30. The van der Waals surface area contributed by atoms with Crippen molar-refractivity contribution in [1.29, 1.82) is 0 Å². The third kappa shape index (κ3) is 4.33. The fourth-order valence-electron chi connectivity index (χ4n) is 4.05.